The molecule has 6 heteroatoms. The van der Waals surface area contributed by atoms with Crippen LogP contribution in [0, 0.1) is 12.3 Å². The van der Waals surface area contributed by atoms with Gasteiger partial charge in [0.2, 0.25) is 5.90 Å². The fraction of sp³-hybridized carbons (Fsp3) is 0.100. The zero-order valence-corrected chi connectivity index (χ0v) is 14.6. The quantitative estimate of drug-likeness (QED) is 0.459. The molecule has 1 heterocycles. The zero-order chi connectivity index (χ0) is 18.5. The first-order valence-corrected chi connectivity index (χ1v) is 8.02. The monoisotopic (exact) mass is 367 g/mol. The number of hydrogen-bond acceptors (Lipinski definition) is 5. The number of methoxy groups -OCH3 is 1. The fourth-order valence-electron chi connectivity index (χ4n) is 2.35. The average molecular weight is 368 g/mol. The summed E-state index contributed by atoms with van der Waals surface area (Å²) in [5.74, 6) is 2.84. The van der Waals surface area contributed by atoms with Gasteiger partial charge in [0.05, 0.1) is 12.1 Å². The summed E-state index contributed by atoms with van der Waals surface area (Å²) in [7, 11) is 1.49. The van der Waals surface area contributed by atoms with E-state index in [9.17, 15) is 4.79 Å². The zero-order valence-electron chi connectivity index (χ0n) is 13.9. The molecule has 130 valence electrons. The molecule has 3 rings (SSSR count). The van der Waals surface area contributed by atoms with Gasteiger partial charge in [-0.1, -0.05) is 35.7 Å². The van der Waals surface area contributed by atoms with Gasteiger partial charge in [-0.05, 0) is 35.9 Å². The van der Waals surface area contributed by atoms with Crippen LogP contribution in [-0.4, -0.2) is 25.6 Å². The maximum Gasteiger partial charge on any atom is 0.363 e. The number of terminal acetylenes is 1. The molecule has 0 aromatic heterocycles. The first-order chi connectivity index (χ1) is 12.6. The van der Waals surface area contributed by atoms with E-state index < -0.39 is 5.97 Å². The van der Waals surface area contributed by atoms with Crippen molar-refractivity contribution < 1.29 is 19.0 Å². The molecule has 5 nitrogen and oxygen atoms in total. The molecule has 0 N–H and O–H groups in total. The number of aliphatic imine (C=N–C) groups is 1. The maximum absolute atomic E-state index is 12.1. The molecule has 0 atom stereocenters. The summed E-state index contributed by atoms with van der Waals surface area (Å²) in [6.07, 6.45) is 6.77. The number of esters is 1. The number of carbonyl (C=O) groups is 1. The van der Waals surface area contributed by atoms with Crippen molar-refractivity contribution in [1.29, 1.82) is 0 Å². The molecule has 1 aliphatic rings. The molecular formula is C20H14ClNO4. The highest BCUT2D eigenvalue weighted by Crippen LogP contribution is 2.37. The number of hydrogen-bond donors (Lipinski definition) is 0. The predicted molar refractivity (Wildman–Crippen MR) is 99.4 cm³/mol. The molecule has 26 heavy (non-hydrogen) atoms. The molecule has 1 aliphatic heterocycles. The second-order valence-corrected chi connectivity index (χ2v) is 5.64. The minimum absolute atomic E-state index is 0.0631. The number of cyclic esters (lactones) is 1. The number of rotatable bonds is 5. The van der Waals surface area contributed by atoms with Crippen LogP contribution in [0.2, 0.25) is 5.02 Å². The molecule has 0 radical (unpaired) electrons. The Morgan fingerprint density at radius 1 is 1.31 bits per heavy atom. The number of carbonyl (C=O) groups excluding carboxylic acids is 1. The first-order valence-electron chi connectivity index (χ1n) is 7.64. The summed E-state index contributed by atoms with van der Waals surface area (Å²) in [6.45, 7) is 0.0631. The van der Waals surface area contributed by atoms with E-state index in [4.69, 9.17) is 32.2 Å². The van der Waals surface area contributed by atoms with E-state index in [1.165, 1.54) is 7.11 Å². The van der Waals surface area contributed by atoms with E-state index in [1.807, 2.05) is 30.3 Å². The Kier molecular flexibility index (Phi) is 5.26. The van der Waals surface area contributed by atoms with Crippen LogP contribution in [0.5, 0.6) is 11.5 Å². The molecule has 0 spiro atoms. The molecule has 0 fully saturated rings. The van der Waals surface area contributed by atoms with Crippen LogP contribution in [0.15, 0.2) is 53.2 Å². The van der Waals surface area contributed by atoms with Gasteiger partial charge >= 0.3 is 5.97 Å². The van der Waals surface area contributed by atoms with Crippen LogP contribution in [-0.2, 0) is 9.53 Å². The van der Waals surface area contributed by atoms with Crippen molar-refractivity contribution in [2.24, 2.45) is 4.99 Å². The molecular weight excluding hydrogens is 354 g/mol. The molecule has 0 saturated heterocycles. The Hall–Kier alpha value is -3.23. The molecule has 0 saturated carbocycles. The first kappa shape index (κ1) is 17.6. The van der Waals surface area contributed by atoms with Crippen LogP contribution >= 0.6 is 11.6 Å². The van der Waals surface area contributed by atoms with Gasteiger partial charge < -0.3 is 14.2 Å². The summed E-state index contributed by atoms with van der Waals surface area (Å²) in [5.41, 5.74) is 1.50. The van der Waals surface area contributed by atoms with Crippen molar-refractivity contribution in [3.63, 3.8) is 0 Å². The van der Waals surface area contributed by atoms with Crippen LogP contribution < -0.4 is 9.47 Å². The van der Waals surface area contributed by atoms with Crippen molar-refractivity contribution in [1.82, 2.24) is 0 Å². The van der Waals surface area contributed by atoms with E-state index in [0.29, 0.717) is 22.1 Å². The van der Waals surface area contributed by atoms with Gasteiger partial charge in [-0.25, -0.2) is 9.79 Å². The topological polar surface area (TPSA) is 57.1 Å². The molecule has 0 unspecified atom stereocenters. The summed E-state index contributed by atoms with van der Waals surface area (Å²) >= 11 is 6.24. The van der Waals surface area contributed by atoms with E-state index in [1.54, 1.807) is 18.2 Å². The number of benzene rings is 2. The molecule has 2 aromatic rings. The number of ether oxygens (including phenoxy) is 3. The van der Waals surface area contributed by atoms with Crippen molar-refractivity contribution in [3.8, 4) is 23.8 Å². The van der Waals surface area contributed by atoms with Crippen LogP contribution in [0.25, 0.3) is 6.08 Å². The summed E-state index contributed by atoms with van der Waals surface area (Å²) < 4.78 is 15.9. The third kappa shape index (κ3) is 3.71. The molecule has 0 bridgehead atoms. The third-order valence-corrected chi connectivity index (χ3v) is 3.78. The molecule has 0 amide bonds. The van der Waals surface area contributed by atoms with Crippen molar-refractivity contribution >= 4 is 29.5 Å². The fourth-order valence-corrected chi connectivity index (χ4v) is 2.62. The third-order valence-electron chi connectivity index (χ3n) is 3.50. The van der Waals surface area contributed by atoms with E-state index in [-0.39, 0.29) is 18.2 Å². The summed E-state index contributed by atoms with van der Waals surface area (Å²) in [6, 6.07) is 12.5. The minimum Gasteiger partial charge on any atom is -0.493 e. The highest BCUT2D eigenvalue weighted by atomic mass is 35.5. The normalized spacial score (nSPS) is 14.6. The highest BCUT2D eigenvalue weighted by Gasteiger charge is 2.24. The Bertz CT molecular complexity index is 942. The van der Waals surface area contributed by atoms with Crippen molar-refractivity contribution in [3.05, 3.63) is 64.3 Å². The van der Waals surface area contributed by atoms with Gasteiger partial charge in [-0.3, -0.25) is 0 Å². The van der Waals surface area contributed by atoms with Crippen molar-refractivity contribution in [2.75, 3.05) is 13.7 Å². The molecule has 2 aromatic carbocycles. The van der Waals surface area contributed by atoms with Gasteiger partial charge in [-0.2, -0.15) is 0 Å². The second-order valence-electron chi connectivity index (χ2n) is 5.23. The Morgan fingerprint density at radius 3 is 2.77 bits per heavy atom. The van der Waals surface area contributed by atoms with Gasteiger partial charge in [-0.15, -0.1) is 6.42 Å². The standard InChI is InChI=1S/C20H14ClNO4/c1-3-9-25-18-15(21)10-13(12-17(18)24-2)11-16-20(23)26-19(22-16)14-7-5-4-6-8-14/h1,4-8,10-12H,9H2,2H3. The SMILES string of the molecule is C#CCOc1c(Cl)cc(C=C2N=C(c3ccccc3)OC2=O)cc1OC. The van der Waals surface area contributed by atoms with Crippen LogP contribution in [0.3, 0.4) is 0 Å². The summed E-state index contributed by atoms with van der Waals surface area (Å²) in [5, 5.41) is 0.310. The number of nitrogens with zero attached hydrogens (tertiary/aromatic N) is 1. The Morgan fingerprint density at radius 2 is 2.08 bits per heavy atom. The van der Waals surface area contributed by atoms with Gasteiger partial charge in [0.25, 0.3) is 0 Å². The van der Waals surface area contributed by atoms with Gasteiger partial charge in [0.15, 0.2) is 17.2 Å². The lowest BCUT2D eigenvalue weighted by molar-refractivity contribution is -0.129. The lowest BCUT2D eigenvalue weighted by Crippen LogP contribution is -2.05. The van der Waals surface area contributed by atoms with Gasteiger partial charge in [0, 0.05) is 5.56 Å². The van der Waals surface area contributed by atoms with Crippen LogP contribution in [0.4, 0.5) is 0 Å². The van der Waals surface area contributed by atoms with E-state index >= 15 is 0 Å². The lowest BCUT2D eigenvalue weighted by Gasteiger charge is -2.11. The predicted octanol–water partition coefficient (Wildman–Crippen LogP) is 3.71. The van der Waals surface area contributed by atoms with Gasteiger partial charge in [0.1, 0.15) is 6.61 Å². The lowest BCUT2D eigenvalue weighted by atomic mass is 10.1. The summed E-state index contributed by atoms with van der Waals surface area (Å²) in [4.78, 5) is 16.3. The highest BCUT2D eigenvalue weighted by molar-refractivity contribution is 6.32. The largest absolute Gasteiger partial charge is 0.493 e. The van der Waals surface area contributed by atoms with E-state index in [0.717, 1.165) is 5.56 Å². The Labute approximate surface area is 155 Å². The minimum atomic E-state index is -0.536. The van der Waals surface area contributed by atoms with E-state index in [2.05, 4.69) is 10.9 Å². The second kappa shape index (κ2) is 7.77. The van der Waals surface area contributed by atoms with Crippen LogP contribution in [0.1, 0.15) is 11.1 Å². The number of halogens is 1. The van der Waals surface area contributed by atoms with Crippen molar-refractivity contribution in [2.45, 2.75) is 0 Å². The average Bonchev–Trinajstić information content (AvgIpc) is 3.02. The smallest absolute Gasteiger partial charge is 0.363 e. The molecule has 0 aliphatic carbocycles. The Balaban J connectivity index is 1.94. The maximum atomic E-state index is 12.1.